The Bertz CT molecular complexity index is 903. The highest BCUT2D eigenvalue weighted by Gasteiger charge is 2.02. The summed E-state index contributed by atoms with van der Waals surface area (Å²) in [6.07, 6.45) is 6.34. The summed E-state index contributed by atoms with van der Waals surface area (Å²) in [6, 6.07) is 7.01. The standard InChI is InChI=1S/C16H14N4O2S/c1-11-18-13(10-23-11)4-7-15(21)19-12-2-5-14(6-3-12)20-9-8-17-16(20)22/h2-10H,1H3,(H,17,22)(H,19,21)/b7-4-. The van der Waals surface area contributed by atoms with Gasteiger partial charge in [0.05, 0.1) is 16.4 Å². The van der Waals surface area contributed by atoms with E-state index in [-0.39, 0.29) is 11.6 Å². The molecule has 2 aromatic heterocycles. The normalized spacial score (nSPS) is 11.0. The third-order valence-electron chi connectivity index (χ3n) is 3.10. The van der Waals surface area contributed by atoms with Gasteiger partial charge in [0.25, 0.3) is 0 Å². The van der Waals surface area contributed by atoms with Gasteiger partial charge in [-0.3, -0.25) is 9.36 Å². The molecule has 0 radical (unpaired) electrons. The van der Waals surface area contributed by atoms with Gasteiger partial charge in [-0.25, -0.2) is 9.78 Å². The zero-order valence-electron chi connectivity index (χ0n) is 12.3. The molecule has 0 fully saturated rings. The lowest BCUT2D eigenvalue weighted by atomic mass is 10.2. The lowest BCUT2D eigenvalue weighted by molar-refractivity contribution is -0.111. The lowest BCUT2D eigenvalue weighted by Gasteiger charge is -2.04. The number of benzene rings is 1. The van der Waals surface area contributed by atoms with Crippen LogP contribution in [0.1, 0.15) is 10.7 Å². The smallest absolute Gasteiger partial charge is 0.323 e. The average Bonchev–Trinajstić information content (AvgIpc) is 3.14. The fourth-order valence-corrected chi connectivity index (χ4v) is 2.61. The predicted octanol–water partition coefficient (Wildman–Crippen LogP) is 2.58. The first-order chi connectivity index (χ1) is 11.1. The lowest BCUT2D eigenvalue weighted by Crippen LogP contribution is -2.14. The van der Waals surface area contributed by atoms with Crippen molar-refractivity contribution in [2.24, 2.45) is 0 Å². The number of nitrogens with zero attached hydrogens (tertiary/aromatic N) is 2. The first kappa shape index (κ1) is 15.0. The van der Waals surface area contributed by atoms with Crippen molar-refractivity contribution in [1.29, 1.82) is 0 Å². The summed E-state index contributed by atoms with van der Waals surface area (Å²) < 4.78 is 1.48. The molecule has 0 saturated heterocycles. The molecule has 7 heteroatoms. The van der Waals surface area contributed by atoms with E-state index in [1.807, 2.05) is 12.3 Å². The molecule has 0 unspecified atom stereocenters. The minimum Gasteiger partial charge on any atom is -0.323 e. The molecular formula is C16H14N4O2S. The highest BCUT2D eigenvalue weighted by molar-refractivity contribution is 7.09. The van der Waals surface area contributed by atoms with Gasteiger partial charge in [0.1, 0.15) is 0 Å². The van der Waals surface area contributed by atoms with Gasteiger partial charge in [-0.1, -0.05) is 0 Å². The van der Waals surface area contributed by atoms with Crippen LogP contribution in [0.4, 0.5) is 5.69 Å². The number of thiazole rings is 1. The molecule has 3 rings (SSSR count). The number of rotatable bonds is 4. The monoisotopic (exact) mass is 326 g/mol. The van der Waals surface area contributed by atoms with E-state index in [0.29, 0.717) is 5.69 Å². The molecular weight excluding hydrogens is 312 g/mol. The van der Waals surface area contributed by atoms with Crippen LogP contribution >= 0.6 is 11.3 Å². The zero-order valence-corrected chi connectivity index (χ0v) is 13.1. The number of carbonyl (C=O) groups is 1. The minimum absolute atomic E-state index is 0.205. The maximum atomic E-state index is 11.9. The molecule has 0 bridgehead atoms. The molecule has 0 aliphatic rings. The van der Waals surface area contributed by atoms with Crippen LogP contribution in [0.3, 0.4) is 0 Å². The summed E-state index contributed by atoms with van der Waals surface area (Å²) in [5.74, 6) is -0.234. The highest BCUT2D eigenvalue weighted by atomic mass is 32.1. The molecule has 0 saturated carbocycles. The largest absolute Gasteiger partial charge is 0.330 e. The third kappa shape index (κ3) is 3.64. The highest BCUT2D eigenvalue weighted by Crippen LogP contribution is 2.13. The summed E-state index contributed by atoms with van der Waals surface area (Å²) in [5.41, 5.74) is 1.94. The molecule has 0 spiro atoms. The summed E-state index contributed by atoms with van der Waals surface area (Å²) in [4.78, 5) is 30.2. The molecule has 6 nitrogen and oxygen atoms in total. The maximum Gasteiger partial charge on any atom is 0.330 e. The number of imidazole rings is 1. The van der Waals surface area contributed by atoms with Crippen molar-refractivity contribution in [2.45, 2.75) is 6.92 Å². The molecule has 1 aromatic carbocycles. The first-order valence-corrected chi connectivity index (χ1v) is 7.77. The number of H-pyrrole nitrogens is 1. The van der Waals surface area contributed by atoms with Gasteiger partial charge in [0.2, 0.25) is 5.91 Å². The second-order valence-electron chi connectivity index (χ2n) is 4.80. The molecule has 23 heavy (non-hydrogen) atoms. The molecule has 2 heterocycles. The van der Waals surface area contributed by atoms with Crippen LogP contribution in [0.2, 0.25) is 0 Å². The van der Waals surface area contributed by atoms with Crippen molar-refractivity contribution < 1.29 is 4.79 Å². The van der Waals surface area contributed by atoms with Crippen molar-refractivity contribution in [1.82, 2.24) is 14.5 Å². The number of hydrogen-bond acceptors (Lipinski definition) is 4. The minimum atomic E-state index is -0.234. The average molecular weight is 326 g/mol. The Kier molecular flexibility index (Phi) is 4.20. The van der Waals surface area contributed by atoms with E-state index in [4.69, 9.17) is 0 Å². The van der Waals surface area contributed by atoms with Gasteiger partial charge in [-0.05, 0) is 37.3 Å². The Morgan fingerprint density at radius 1 is 1.35 bits per heavy atom. The fourth-order valence-electron chi connectivity index (χ4n) is 2.03. The molecule has 0 aliphatic heterocycles. The van der Waals surface area contributed by atoms with Gasteiger partial charge in [0, 0.05) is 29.5 Å². The molecule has 0 aliphatic carbocycles. The summed E-state index contributed by atoms with van der Waals surface area (Å²) in [7, 11) is 0. The molecule has 1 amide bonds. The van der Waals surface area contributed by atoms with Crippen molar-refractivity contribution in [2.75, 3.05) is 5.32 Å². The van der Waals surface area contributed by atoms with Crippen molar-refractivity contribution in [3.05, 3.63) is 69.3 Å². The van der Waals surface area contributed by atoms with Gasteiger partial charge in [-0.15, -0.1) is 11.3 Å². The van der Waals surface area contributed by atoms with Crippen LogP contribution in [0.5, 0.6) is 0 Å². The number of amides is 1. The van der Waals surface area contributed by atoms with Gasteiger partial charge < -0.3 is 10.3 Å². The van der Waals surface area contributed by atoms with Gasteiger partial charge in [-0.2, -0.15) is 0 Å². The number of aromatic nitrogens is 3. The Morgan fingerprint density at radius 3 is 2.74 bits per heavy atom. The van der Waals surface area contributed by atoms with E-state index in [1.165, 1.54) is 22.0 Å². The van der Waals surface area contributed by atoms with Crippen LogP contribution < -0.4 is 11.0 Å². The Balaban J connectivity index is 1.66. The zero-order chi connectivity index (χ0) is 16.2. The first-order valence-electron chi connectivity index (χ1n) is 6.89. The number of nitrogens with one attached hydrogen (secondary N) is 2. The van der Waals surface area contributed by atoms with Crippen LogP contribution in [0.25, 0.3) is 11.8 Å². The SMILES string of the molecule is Cc1nc(/C=C\C(=O)Nc2ccc(-n3cc[nH]c3=O)cc2)cs1. The molecule has 116 valence electrons. The van der Waals surface area contributed by atoms with E-state index < -0.39 is 0 Å². The van der Waals surface area contributed by atoms with E-state index in [2.05, 4.69) is 15.3 Å². The van der Waals surface area contributed by atoms with Crippen molar-refractivity contribution >= 4 is 29.0 Å². The number of aryl methyl sites for hydroxylation is 1. The maximum absolute atomic E-state index is 11.9. The van der Waals surface area contributed by atoms with Crippen molar-refractivity contribution in [3.8, 4) is 5.69 Å². The van der Waals surface area contributed by atoms with Gasteiger partial charge in [0.15, 0.2) is 0 Å². The summed E-state index contributed by atoms with van der Waals surface area (Å²) in [6.45, 7) is 1.92. The van der Waals surface area contributed by atoms with Crippen LogP contribution in [-0.4, -0.2) is 20.4 Å². The number of aromatic amines is 1. The number of anilines is 1. The van der Waals surface area contributed by atoms with Gasteiger partial charge >= 0.3 is 5.69 Å². The van der Waals surface area contributed by atoms with Crippen molar-refractivity contribution in [3.63, 3.8) is 0 Å². The second kappa shape index (κ2) is 6.45. The Hall–Kier alpha value is -2.93. The van der Waals surface area contributed by atoms with E-state index in [0.717, 1.165) is 16.4 Å². The Morgan fingerprint density at radius 2 is 2.13 bits per heavy atom. The number of hydrogen-bond donors (Lipinski definition) is 2. The quantitative estimate of drug-likeness (QED) is 0.723. The van der Waals surface area contributed by atoms with E-state index in [9.17, 15) is 9.59 Å². The summed E-state index contributed by atoms with van der Waals surface area (Å²) in [5, 5.41) is 5.61. The molecule has 3 aromatic rings. The summed E-state index contributed by atoms with van der Waals surface area (Å²) >= 11 is 1.54. The van der Waals surface area contributed by atoms with Crippen LogP contribution in [0, 0.1) is 6.92 Å². The third-order valence-corrected chi connectivity index (χ3v) is 3.90. The predicted molar refractivity (Wildman–Crippen MR) is 90.9 cm³/mol. The number of carbonyl (C=O) groups excluding carboxylic acids is 1. The second-order valence-corrected chi connectivity index (χ2v) is 5.86. The van der Waals surface area contributed by atoms with E-state index in [1.54, 1.807) is 42.7 Å². The molecule has 0 atom stereocenters. The van der Waals surface area contributed by atoms with Crippen LogP contribution in [-0.2, 0) is 4.79 Å². The van der Waals surface area contributed by atoms with Crippen LogP contribution in [0.15, 0.2) is 52.9 Å². The fraction of sp³-hybridized carbons (Fsp3) is 0.0625. The van der Waals surface area contributed by atoms with E-state index >= 15 is 0 Å². The Labute approximate surface area is 136 Å². The molecule has 2 N–H and O–H groups in total. The topological polar surface area (TPSA) is 79.8 Å².